The minimum absolute atomic E-state index is 0.211. The maximum atomic E-state index is 12.3. The minimum Gasteiger partial charge on any atom is -0.341 e. The Morgan fingerprint density at radius 3 is 2.75 bits per heavy atom. The fourth-order valence-corrected chi connectivity index (χ4v) is 2.70. The maximum absolute atomic E-state index is 12.3. The number of carbonyl (C=O) groups is 1. The van der Waals surface area contributed by atoms with Crippen molar-refractivity contribution in [3.05, 3.63) is 0 Å². The molecule has 2 heterocycles. The van der Waals surface area contributed by atoms with Crippen molar-refractivity contribution in [2.24, 2.45) is 5.92 Å². The van der Waals surface area contributed by atoms with Gasteiger partial charge in [0.05, 0.1) is 5.92 Å². The Morgan fingerprint density at radius 2 is 2.06 bits per heavy atom. The van der Waals surface area contributed by atoms with Crippen molar-refractivity contribution >= 4 is 5.91 Å². The Kier molecular flexibility index (Phi) is 3.82. The first-order valence-electron chi connectivity index (χ1n) is 6.39. The summed E-state index contributed by atoms with van der Waals surface area (Å²) in [5, 5.41) is 3.36. The summed E-state index contributed by atoms with van der Waals surface area (Å²) in [7, 11) is 2.13. The summed E-state index contributed by atoms with van der Waals surface area (Å²) in [5.74, 6) is 0.580. The van der Waals surface area contributed by atoms with Gasteiger partial charge in [-0.25, -0.2) is 0 Å². The number of nitrogens with one attached hydrogen (secondary N) is 1. The molecule has 92 valence electrons. The van der Waals surface area contributed by atoms with Crippen LogP contribution in [0.3, 0.4) is 0 Å². The third-order valence-electron chi connectivity index (χ3n) is 3.87. The van der Waals surface area contributed by atoms with E-state index in [9.17, 15) is 4.79 Å². The van der Waals surface area contributed by atoms with Crippen molar-refractivity contribution in [2.45, 2.75) is 25.8 Å². The fourth-order valence-electron chi connectivity index (χ4n) is 2.70. The lowest BCUT2D eigenvalue weighted by Crippen LogP contribution is -2.41. The molecule has 16 heavy (non-hydrogen) atoms. The highest BCUT2D eigenvalue weighted by atomic mass is 16.2. The van der Waals surface area contributed by atoms with Gasteiger partial charge in [0, 0.05) is 25.7 Å². The summed E-state index contributed by atoms with van der Waals surface area (Å²) in [6.07, 6.45) is 2.11. The second kappa shape index (κ2) is 5.15. The van der Waals surface area contributed by atoms with Crippen LogP contribution in [0.15, 0.2) is 0 Å². The second-order valence-corrected chi connectivity index (χ2v) is 5.12. The Morgan fingerprint density at radius 1 is 1.25 bits per heavy atom. The van der Waals surface area contributed by atoms with E-state index in [1.807, 2.05) is 0 Å². The largest absolute Gasteiger partial charge is 0.341 e. The topological polar surface area (TPSA) is 35.6 Å². The number of hydrogen-bond donors (Lipinski definition) is 1. The number of carbonyl (C=O) groups excluding carboxylic acids is 1. The van der Waals surface area contributed by atoms with E-state index < -0.39 is 0 Å². The summed E-state index contributed by atoms with van der Waals surface area (Å²) < 4.78 is 0. The highest BCUT2D eigenvalue weighted by Crippen LogP contribution is 2.18. The first-order chi connectivity index (χ1) is 7.68. The van der Waals surface area contributed by atoms with Crippen molar-refractivity contribution in [3.8, 4) is 0 Å². The predicted octanol–water partition coefficient (Wildman–Crippen LogP) is 0.149. The molecule has 2 rings (SSSR count). The minimum atomic E-state index is 0.211. The van der Waals surface area contributed by atoms with Gasteiger partial charge in [0.2, 0.25) is 5.91 Å². The SMILES string of the molecule is CC1NCCC1C(=O)N1CCCN(C)CC1. The van der Waals surface area contributed by atoms with Crippen LogP contribution >= 0.6 is 0 Å². The third kappa shape index (κ3) is 2.55. The summed E-state index contributed by atoms with van der Waals surface area (Å²) in [4.78, 5) is 16.7. The molecule has 2 aliphatic rings. The molecule has 0 bridgehead atoms. The van der Waals surface area contributed by atoms with Crippen LogP contribution in [0.2, 0.25) is 0 Å². The van der Waals surface area contributed by atoms with E-state index in [4.69, 9.17) is 0 Å². The molecule has 2 fully saturated rings. The van der Waals surface area contributed by atoms with Crippen LogP contribution < -0.4 is 5.32 Å². The molecule has 2 saturated heterocycles. The van der Waals surface area contributed by atoms with Gasteiger partial charge in [0.1, 0.15) is 0 Å². The average Bonchev–Trinajstić information content (AvgIpc) is 2.56. The predicted molar refractivity (Wildman–Crippen MR) is 64.3 cm³/mol. The van der Waals surface area contributed by atoms with E-state index >= 15 is 0 Å². The summed E-state index contributed by atoms with van der Waals surface area (Å²) >= 11 is 0. The van der Waals surface area contributed by atoms with Crippen LogP contribution in [0.1, 0.15) is 19.8 Å². The Hall–Kier alpha value is -0.610. The molecule has 0 aromatic heterocycles. The lowest BCUT2D eigenvalue weighted by molar-refractivity contribution is -0.135. The standard InChI is InChI=1S/C12H23N3O/c1-10-11(4-5-13-10)12(16)15-7-3-6-14(2)8-9-15/h10-11,13H,3-9H2,1-2H3. The van der Waals surface area contributed by atoms with Gasteiger partial charge in [-0.05, 0) is 39.9 Å². The highest BCUT2D eigenvalue weighted by Gasteiger charge is 2.32. The van der Waals surface area contributed by atoms with E-state index in [2.05, 4.69) is 29.1 Å². The van der Waals surface area contributed by atoms with Crippen LogP contribution in [0, 0.1) is 5.92 Å². The molecule has 0 radical (unpaired) electrons. The van der Waals surface area contributed by atoms with Gasteiger partial charge in [-0.3, -0.25) is 4.79 Å². The number of hydrogen-bond acceptors (Lipinski definition) is 3. The Balaban J connectivity index is 1.93. The van der Waals surface area contributed by atoms with E-state index in [0.29, 0.717) is 11.9 Å². The van der Waals surface area contributed by atoms with Crippen LogP contribution in [0.4, 0.5) is 0 Å². The van der Waals surface area contributed by atoms with Crippen LogP contribution in [-0.2, 0) is 4.79 Å². The fraction of sp³-hybridized carbons (Fsp3) is 0.917. The summed E-state index contributed by atoms with van der Waals surface area (Å²) in [6, 6.07) is 0.355. The Labute approximate surface area is 98.0 Å². The number of amides is 1. The number of nitrogens with zero attached hydrogens (tertiary/aromatic N) is 2. The third-order valence-corrected chi connectivity index (χ3v) is 3.87. The molecular weight excluding hydrogens is 202 g/mol. The van der Waals surface area contributed by atoms with Gasteiger partial charge in [0.25, 0.3) is 0 Å². The monoisotopic (exact) mass is 225 g/mol. The average molecular weight is 225 g/mol. The lowest BCUT2D eigenvalue weighted by Gasteiger charge is -2.25. The maximum Gasteiger partial charge on any atom is 0.227 e. The molecule has 1 N–H and O–H groups in total. The van der Waals surface area contributed by atoms with Gasteiger partial charge in [0.15, 0.2) is 0 Å². The molecule has 0 aliphatic carbocycles. The van der Waals surface area contributed by atoms with Gasteiger partial charge in [-0.2, -0.15) is 0 Å². The molecule has 2 atom stereocenters. The highest BCUT2D eigenvalue weighted by molar-refractivity contribution is 5.80. The van der Waals surface area contributed by atoms with Crippen molar-refractivity contribution in [2.75, 3.05) is 39.8 Å². The molecule has 0 aromatic rings. The van der Waals surface area contributed by atoms with Crippen LogP contribution in [-0.4, -0.2) is 61.5 Å². The zero-order valence-electron chi connectivity index (χ0n) is 10.4. The Bertz CT molecular complexity index is 257. The molecule has 0 spiro atoms. The van der Waals surface area contributed by atoms with Gasteiger partial charge in [-0.15, -0.1) is 0 Å². The van der Waals surface area contributed by atoms with Crippen LogP contribution in [0.25, 0.3) is 0 Å². The van der Waals surface area contributed by atoms with Crippen LogP contribution in [0.5, 0.6) is 0 Å². The van der Waals surface area contributed by atoms with Gasteiger partial charge >= 0.3 is 0 Å². The van der Waals surface area contributed by atoms with Crippen molar-refractivity contribution in [1.82, 2.24) is 15.1 Å². The molecule has 0 saturated carbocycles. The number of likely N-dealkylation sites (N-methyl/N-ethyl adjacent to an activating group) is 1. The van der Waals surface area contributed by atoms with Gasteiger partial charge in [-0.1, -0.05) is 0 Å². The van der Waals surface area contributed by atoms with E-state index in [1.54, 1.807) is 0 Å². The van der Waals surface area contributed by atoms with Crippen molar-refractivity contribution in [1.29, 1.82) is 0 Å². The second-order valence-electron chi connectivity index (χ2n) is 5.12. The van der Waals surface area contributed by atoms with E-state index in [1.165, 1.54) is 0 Å². The van der Waals surface area contributed by atoms with E-state index in [-0.39, 0.29) is 5.92 Å². The van der Waals surface area contributed by atoms with Crippen molar-refractivity contribution in [3.63, 3.8) is 0 Å². The molecular formula is C12H23N3O. The zero-order chi connectivity index (χ0) is 11.5. The van der Waals surface area contributed by atoms with E-state index in [0.717, 1.165) is 45.6 Å². The summed E-state index contributed by atoms with van der Waals surface area (Å²) in [6.45, 7) is 7.08. The molecule has 2 unspecified atom stereocenters. The molecule has 4 nitrogen and oxygen atoms in total. The molecule has 2 aliphatic heterocycles. The molecule has 0 aromatic carbocycles. The quantitative estimate of drug-likeness (QED) is 0.690. The lowest BCUT2D eigenvalue weighted by atomic mass is 10.0. The summed E-state index contributed by atoms with van der Waals surface area (Å²) in [5.41, 5.74) is 0. The number of rotatable bonds is 1. The first-order valence-corrected chi connectivity index (χ1v) is 6.39. The zero-order valence-corrected chi connectivity index (χ0v) is 10.4. The normalized spacial score (nSPS) is 32.8. The first kappa shape index (κ1) is 11.9. The van der Waals surface area contributed by atoms with Gasteiger partial charge < -0.3 is 15.1 Å². The molecule has 4 heteroatoms. The van der Waals surface area contributed by atoms with Crippen molar-refractivity contribution < 1.29 is 4.79 Å². The smallest absolute Gasteiger partial charge is 0.227 e. The molecule has 1 amide bonds.